The maximum absolute atomic E-state index is 13.0. The van der Waals surface area contributed by atoms with E-state index in [-0.39, 0.29) is 24.2 Å². The van der Waals surface area contributed by atoms with Gasteiger partial charge in [-0.25, -0.2) is 0 Å². The Hall–Kier alpha value is -4.33. The monoisotopic (exact) mass is 452 g/mol. The first-order valence-corrected chi connectivity index (χ1v) is 11.1. The van der Waals surface area contributed by atoms with Gasteiger partial charge in [-0.3, -0.25) is 14.7 Å². The number of H-pyrrole nitrogens is 1. The van der Waals surface area contributed by atoms with E-state index >= 15 is 0 Å². The van der Waals surface area contributed by atoms with Crippen LogP contribution in [0.2, 0.25) is 0 Å². The highest BCUT2D eigenvalue weighted by molar-refractivity contribution is 6.10. The first-order chi connectivity index (χ1) is 16.6. The molecule has 1 aromatic heterocycles. The predicted octanol–water partition coefficient (Wildman–Crippen LogP) is 4.27. The minimum Gasteiger partial charge on any atom is -0.497 e. The second-order valence-electron chi connectivity index (χ2n) is 8.99. The lowest BCUT2D eigenvalue weighted by Crippen LogP contribution is -2.21. The van der Waals surface area contributed by atoms with Crippen molar-refractivity contribution in [2.24, 2.45) is 0 Å². The molecule has 0 unspecified atom stereocenters. The summed E-state index contributed by atoms with van der Waals surface area (Å²) in [5.41, 5.74) is 4.56. The van der Waals surface area contributed by atoms with Gasteiger partial charge in [-0.2, -0.15) is 5.10 Å². The van der Waals surface area contributed by atoms with E-state index < -0.39 is 5.41 Å². The molecule has 34 heavy (non-hydrogen) atoms. The van der Waals surface area contributed by atoms with E-state index in [1.54, 1.807) is 13.2 Å². The molecule has 4 aromatic rings. The number of ketones is 1. The lowest BCUT2D eigenvalue weighted by molar-refractivity contribution is -0.118. The Morgan fingerprint density at radius 1 is 1.15 bits per heavy atom. The van der Waals surface area contributed by atoms with Crippen LogP contribution < -0.4 is 20.1 Å². The molecule has 1 aliphatic carbocycles. The molecular formula is C26H20N4O4. The molecule has 3 aliphatic rings. The Morgan fingerprint density at radius 2 is 2.06 bits per heavy atom. The van der Waals surface area contributed by atoms with Crippen molar-refractivity contribution < 1.29 is 19.1 Å². The Labute approximate surface area is 194 Å². The topological polar surface area (TPSA) is 105 Å². The minimum absolute atomic E-state index is 0.0244. The van der Waals surface area contributed by atoms with Crippen LogP contribution >= 0.6 is 0 Å². The SMILES string of the molecule is COc1ccc2c(c1)[C@]1(C[C@H]1c1ccc3c(Nc4cccc5c4OCC5=O)n[nH]c3c1)C(=O)N2. The second kappa shape index (κ2) is 6.60. The summed E-state index contributed by atoms with van der Waals surface area (Å²) in [4.78, 5) is 24.9. The van der Waals surface area contributed by atoms with Gasteiger partial charge in [0.2, 0.25) is 11.7 Å². The van der Waals surface area contributed by atoms with Gasteiger partial charge in [-0.15, -0.1) is 0 Å². The summed E-state index contributed by atoms with van der Waals surface area (Å²) in [6, 6.07) is 17.3. The normalized spacial score (nSPS) is 21.9. The molecular weight excluding hydrogens is 432 g/mol. The molecule has 2 aliphatic heterocycles. The average molecular weight is 452 g/mol. The number of methoxy groups -OCH3 is 1. The number of hydrogen-bond acceptors (Lipinski definition) is 6. The van der Waals surface area contributed by atoms with Crippen molar-refractivity contribution in [2.45, 2.75) is 17.8 Å². The molecule has 2 atom stereocenters. The number of aromatic amines is 1. The summed E-state index contributed by atoms with van der Waals surface area (Å²) in [5, 5.41) is 14.8. The van der Waals surface area contributed by atoms with Gasteiger partial charge in [0.15, 0.2) is 18.2 Å². The Balaban J connectivity index is 1.21. The van der Waals surface area contributed by atoms with Gasteiger partial charge < -0.3 is 20.1 Å². The fraction of sp³-hybridized carbons (Fsp3) is 0.192. The molecule has 1 saturated carbocycles. The molecule has 0 bridgehead atoms. The van der Waals surface area contributed by atoms with Crippen molar-refractivity contribution in [1.82, 2.24) is 10.2 Å². The lowest BCUT2D eigenvalue weighted by atomic mass is 9.91. The third-order valence-corrected chi connectivity index (χ3v) is 7.23. The highest BCUT2D eigenvalue weighted by atomic mass is 16.5. The number of carbonyl (C=O) groups excluding carboxylic acids is 2. The van der Waals surface area contributed by atoms with Crippen LogP contribution in [0.4, 0.5) is 17.2 Å². The number of Topliss-reactive ketones (excluding diaryl/α,β-unsaturated/α-hetero) is 1. The summed E-state index contributed by atoms with van der Waals surface area (Å²) >= 11 is 0. The Bertz CT molecular complexity index is 1540. The van der Waals surface area contributed by atoms with Crippen molar-refractivity contribution in [3.05, 3.63) is 71.3 Å². The maximum atomic E-state index is 13.0. The molecule has 8 heteroatoms. The van der Waals surface area contributed by atoms with Gasteiger partial charge in [0.1, 0.15) is 5.75 Å². The van der Waals surface area contributed by atoms with Crippen LogP contribution in [0, 0.1) is 0 Å². The first-order valence-electron chi connectivity index (χ1n) is 11.1. The third kappa shape index (κ3) is 2.50. The zero-order chi connectivity index (χ0) is 23.0. The van der Waals surface area contributed by atoms with E-state index in [0.29, 0.717) is 22.8 Å². The Kier molecular flexibility index (Phi) is 3.72. The zero-order valence-electron chi connectivity index (χ0n) is 18.3. The van der Waals surface area contributed by atoms with E-state index in [2.05, 4.69) is 33.0 Å². The van der Waals surface area contributed by atoms with E-state index in [1.807, 2.05) is 36.4 Å². The number of ether oxygens (including phenoxy) is 2. The van der Waals surface area contributed by atoms with Gasteiger partial charge >= 0.3 is 0 Å². The summed E-state index contributed by atoms with van der Waals surface area (Å²) in [5.74, 6) is 2.06. The van der Waals surface area contributed by atoms with Gasteiger partial charge in [0, 0.05) is 17.0 Å². The average Bonchev–Trinajstić information content (AvgIpc) is 3.18. The molecule has 8 nitrogen and oxygen atoms in total. The molecule has 3 N–H and O–H groups in total. The van der Waals surface area contributed by atoms with Gasteiger partial charge in [-0.1, -0.05) is 12.1 Å². The quantitative estimate of drug-likeness (QED) is 0.427. The largest absolute Gasteiger partial charge is 0.497 e. The van der Waals surface area contributed by atoms with Crippen LogP contribution in [-0.4, -0.2) is 35.6 Å². The molecule has 0 radical (unpaired) electrons. The molecule has 7 rings (SSSR count). The first kappa shape index (κ1) is 19.2. The number of para-hydroxylation sites is 1. The number of nitrogens with zero attached hydrogens (tertiary/aromatic N) is 1. The lowest BCUT2D eigenvalue weighted by Gasteiger charge is -2.10. The summed E-state index contributed by atoms with van der Waals surface area (Å²) in [6.07, 6.45) is 0.755. The number of rotatable bonds is 4. The van der Waals surface area contributed by atoms with Crippen molar-refractivity contribution in [3.8, 4) is 11.5 Å². The number of aromatic nitrogens is 2. The highest BCUT2D eigenvalue weighted by Gasteiger charge is 2.65. The van der Waals surface area contributed by atoms with Crippen LogP contribution in [0.3, 0.4) is 0 Å². The molecule has 3 aromatic carbocycles. The number of fused-ring (bicyclic) bond motifs is 4. The van der Waals surface area contributed by atoms with E-state index in [4.69, 9.17) is 9.47 Å². The fourth-order valence-corrected chi connectivity index (χ4v) is 5.40. The van der Waals surface area contributed by atoms with Crippen LogP contribution in [-0.2, 0) is 10.2 Å². The summed E-state index contributed by atoms with van der Waals surface area (Å²) in [6.45, 7) is 0.0599. The van der Waals surface area contributed by atoms with E-state index in [1.165, 1.54) is 0 Å². The van der Waals surface area contributed by atoms with Crippen molar-refractivity contribution in [2.75, 3.05) is 24.4 Å². The summed E-state index contributed by atoms with van der Waals surface area (Å²) in [7, 11) is 1.63. The minimum atomic E-state index is -0.548. The number of hydrogen-bond donors (Lipinski definition) is 3. The van der Waals surface area contributed by atoms with Crippen molar-refractivity contribution in [3.63, 3.8) is 0 Å². The van der Waals surface area contributed by atoms with Gasteiger partial charge in [0.05, 0.1) is 29.3 Å². The van der Waals surface area contributed by atoms with Crippen LogP contribution in [0.5, 0.6) is 11.5 Å². The van der Waals surface area contributed by atoms with Gasteiger partial charge in [0.25, 0.3) is 0 Å². The van der Waals surface area contributed by atoms with Crippen molar-refractivity contribution in [1.29, 1.82) is 0 Å². The highest BCUT2D eigenvalue weighted by Crippen LogP contribution is 2.65. The Morgan fingerprint density at radius 3 is 2.94 bits per heavy atom. The molecule has 168 valence electrons. The number of nitrogens with one attached hydrogen (secondary N) is 3. The number of anilines is 3. The maximum Gasteiger partial charge on any atom is 0.235 e. The van der Waals surface area contributed by atoms with Gasteiger partial charge in [-0.05, 0) is 60.0 Å². The van der Waals surface area contributed by atoms with Crippen LogP contribution in [0.15, 0.2) is 54.6 Å². The van der Waals surface area contributed by atoms with E-state index in [9.17, 15) is 9.59 Å². The molecule has 1 spiro atoms. The van der Waals surface area contributed by atoms with Crippen molar-refractivity contribution >= 4 is 39.8 Å². The third-order valence-electron chi connectivity index (χ3n) is 7.23. The van der Waals surface area contributed by atoms with E-state index in [0.717, 1.165) is 39.9 Å². The molecule has 3 heterocycles. The number of amides is 1. The summed E-state index contributed by atoms with van der Waals surface area (Å²) < 4.78 is 11.0. The molecule has 1 amide bonds. The zero-order valence-corrected chi connectivity index (χ0v) is 18.3. The fourth-order valence-electron chi connectivity index (χ4n) is 5.40. The number of carbonyl (C=O) groups is 2. The van der Waals surface area contributed by atoms with Crippen LogP contribution in [0.1, 0.15) is 33.8 Å². The molecule has 1 fully saturated rings. The number of benzene rings is 3. The molecule has 0 saturated heterocycles. The standard InChI is InChI=1S/C26H20N4O4/c1-33-14-6-8-19-17(10-14)26(25(32)28-19)11-18(26)13-5-7-15-21(9-13)29-30-24(15)27-20-4-2-3-16-22(31)12-34-23(16)20/h2-10,18H,11-12H2,1H3,(H,28,32)(H2,27,29,30)/t18-,26-/m0/s1. The smallest absolute Gasteiger partial charge is 0.235 e. The van der Waals surface area contributed by atoms with Crippen LogP contribution in [0.25, 0.3) is 10.9 Å². The predicted molar refractivity (Wildman–Crippen MR) is 126 cm³/mol. The second-order valence-corrected chi connectivity index (χ2v) is 8.99.